The van der Waals surface area contributed by atoms with Crippen LogP contribution in [0.2, 0.25) is 5.02 Å². The third kappa shape index (κ3) is 3.29. The zero-order valence-electron chi connectivity index (χ0n) is 10.2. The van der Waals surface area contributed by atoms with E-state index in [1.54, 1.807) is 0 Å². The first-order valence-corrected chi connectivity index (χ1v) is 6.15. The zero-order valence-corrected chi connectivity index (χ0v) is 11.0. The van der Waals surface area contributed by atoms with Crippen molar-refractivity contribution in [2.45, 2.75) is 19.8 Å². The minimum atomic E-state index is -0.539. The Morgan fingerprint density at radius 1 is 1.53 bits per heavy atom. The highest BCUT2D eigenvalue weighted by molar-refractivity contribution is 6.31. The van der Waals surface area contributed by atoms with Crippen LogP contribution in [0.5, 0.6) is 0 Å². The van der Waals surface area contributed by atoms with Crippen molar-refractivity contribution in [2.75, 3.05) is 5.32 Å². The summed E-state index contributed by atoms with van der Waals surface area (Å²) >= 11 is 5.62. The molecule has 0 saturated heterocycles. The maximum Gasteiger partial charge on any atom is 0.295 e. The van der Waals surface area contributed by atoms with Gasteiger partial charge in [0, 0.05) is 12.1 Å². The summed E-state index contributed by atoms with van der Waals surface area (Å²) in [6.45, 7) is 2.00. The largest absolute Gasteiger partial charge is 0.319 e. The van der Waals surface area contributed by atoms with Gasteiger partial charge in [-0.2, -0.15) is 0 Å². The molecule has 1 heterocycles. The molecule has 0 spiro atoms. The first-order valence-electron chi connectivity index (χ1n) is 5.78. The van der Waals surface area contributed by atoms with E-state index in [1.165, 1.54) is 18.2 Å². The summed E-state index contributed by atoms with van der Waals surface area (Å²) in [6, 6.07) is 3.92. The molecule has 1 aromatic carbocycles. The fourth-order valence-corrected chi connectivity index (χ4v) is 1.69. The lowest BCUT2D eigenvalue weighted by Crippen LogP contribution is -2.13. The van der Waals surface area contributed by atoms with Gasteiger partial charge in [-0.3, -0.25) is 9.89 Å². The van der Waals surface area contributed by atoms with Crippen molar-refractivity contribution in [3.63, 3.8) is 0 Å². The van der Waals surface area contributed by atoms with Crippen molar-refractivity contribution >= 4 is 23.2 Å². The first-order chi connectivity index (χ1) is 9.10. The highest BCUT2D eigenvalue weighted by Gasteiger charge is 2.13. The number of carbonyl (C=O) groups is 1. The molecule has 0 aliphatic carbocycles. The van der Waals surface area contributed by atoms with Gasteiger partial charge in [0.25, 0.3) is 5.91 Å². The molecular formula is C12H12ClFN4O. The van der Waals surface area contributed by atoms with E-state index in [0.717, 1.165) is 12.8 Å². The van der Waals surface area contributed by atoms with Gasteiger partial charge in [0.15, 0.2) is 0 Å². The SMILES string of the molecule is CCCc1nc(C(=O)Nc2ccc(F)c(Cl)c2)n[nH]1. The quantitative estimate of drug-likeness (QED) is 0.906. The number of carbonyl (C=O) groups excluding carboxylic acids is 1. The molecule has 0 fully saturated rings. The second kappa shape index (κ2) is 5.79. The average Bonchev–Trinajstić information content (AvgIpc) is 2.83. The number of hydrogen-bond acceptors (Lipinski definition) is 3. The van der Waals surface area contributed by atoms with Crippen molar-refractivity contribution < 1.29 is 9.18 Å². The van der Waals surface area contributed by atoms with Crippen molar-refractivity contribution in [3.8, 4) is 0 Å². The van der Waals surface area contributed by atoms with E-state index in [9.17, 15) is 9.18 Å². The van der Waals surface area contributed by atoms with Crippen LogP contribution in [-0.4, -0.2) is 21.1 Å². The van der Waals surface area contributed by atoms with Crippen molar-refractivity contribution in [3.05, 3.63) is 40.7 Å². The molecule has 0 saturated carbocycles. The van der Waals surface area contributed by atoms with Crippen LogP contribution in [0.4, 0.5) is 10.1 Å². The number of nitrogens with zero attached hydrogens (tertiary/aromatic N) is 2. The summed E-state index contributed by atoms with van der Waals surface area (Å²) in [4.78, 5) is 15.9. The third-order valence-corrected chi connectivity index (χ3v) is 2.69. The predicted molar refractivity (Wildman–Crippen MR) is 69.7 cm³/mol. The highest BCUT2D eigenvalue weighted by Crippen LogP contribution is 2.19. The minimum absolute atomic E-state index is 0.0453. The van der Waals surface area contributed by atoms with Gasteiger partial charge in [-0.25, -0.2) is 9.37 Å². The van der Waals surface area contributed by atoms with Gasteiger partial charge in [0.05, 0.1) is 5.02 Å². The maximum atomic E-state index is 13.0. The molecule has 0 bridgehead atoms. The molecule has 0 atom stereocenters. The molecular weight excluding hydrogens is 271 g/mol. The highest BCUT2D eigenvalue weighted by atomic mass is 35.5. The van der Waals surface area contributed by atoms with E-state index >= 15 is 0 Å². The monoisotopic (exact) mass is 282 g/mol. The fraction of sp³-hybridized carbons (Fsp3) is 0.250. The molecule has 0 radical (unpaired) electrons. The molecule has 0 unspecified atom stereocenters. The molecule has 2 rings (SSSR count). The number of H-pyrrole nitrogens is 1. The lowest BCUT2D eigenvalue weighted by molar-refractivity contribution is 0.101. The molecule has 0 aliphatic heterocycles. The van der Waals surface area contributed by atoms with Gasteiger partial charge >= 0.3 is 0 Å². The van der Waals surface area contributed by atoms with Crippen LogP contribution < -0.4 is 5.32 Å². The number of amides is 1. The summed E-state index contributed by atoms with van der Waals surface area (Å²) in [5.74, 6) is -0.308. The van der Waals surface area contributed by atoms with E-state index in [0.29, 0.717) is 11.5 Å². The van der Waals surface area contributed by atoms with Crippen molar-refractivity contribution in [1.82, 2.24) is 15.2 Å². The van der Waals surface area contributed by atoms with Crippen LogP contribution in [0.15, 0.2) is 18.2 Å². The number of hydrogen-bond donors (Lipinski definition) is 2. The molecule has 1 amide bonds. The van der Waals surface area contributed by atoms with E-state index in [1.807, 2.05) is 6.92 Å². The Hall–Kier alpha value is -1.95. The van der Waals surface area contributed by atoms with Gasteiger partial charge in [0.1, 0.15) is 11.6 Å². The van der Waals surface area contributed by atoms with Gasteiger partial charge in [-0.05, 0) is 24.6 Å². The van der Waals surface area contributed by atoms with E-state index in [-0.39, 0.29) is 10.8 Å². The summed E-state index contributed by atoms with van der Waals surface area (Å²) in [6.07, 6.45) is 1.63. The Morgan fingerprint density at radius 3 is 3.00 bits per heavy atom. The summed E-state index contributed by atoms with van der Waals surface area (Å²) in [5.41, 5.74) is 0.387. The van der Waals surface area contributed by atoms with Crippen LogP contribution in [0.25, 0.3) is 0 Å². The molecule has 19 heavy (non-hydrogen) atoms. The number of halogens is 2. The van der Waals surface area contributed by atoms with Crippen LogP contribution in [0.1, 0.15) is 29.8 Å². The van der Waals surface area contributed by atoms with Gasteiger partial charge in [-0.15, -0.1) is 5.10 Å². The first kappa shape index (κ1) is 13.5. The lowest BCUT2D eigenvalue weighted by Gasteiger charge is -2.03. The second-order valence-corrected chi connectivity index (χ2v) is 4.35. The molecule has 7 heteroatoms. The predicted octanol–water partition coefficient (Wildman–Crippen LogP) is 2.80. The molecule has 5 nitrogen and oxygen atoms in total. The summed E-state index contributed by atoms with van der Waals surface area (Å²) in [5, 5.41) is 8.99. The van der Waals surface area contributed by atoms with E-state index in [4.69, 9.17) is 11.6 Å². The average molecular weight is 283 g/mol. The van der Waals surface area contributed by atoms with Crippen LogP contribution in [0.3, 0.4) is 0 Å². The minimum Gasteiger partial charge on any atom is -0.319 e. The van der Waals surface area contributed by atoms with Crippen LogP contribution >= 0.6 is 11.6 Å². The molecule has 2 N–H and O–H groups in total. The van der Waals surface area contributed by atoms with Crippen molar-refractivity contribution in [2.24, 2.45) is 0 Å². The molecule has 100 valence electrons. The van der Waals surface area contributed by atoms with Crippen LogP contribution in [-0.2, 0) is 6.42 Å². The third-order valence-electron chi connectivity index (χ3n) is 2.40. The number of anilines is 1. The van der Waals surface area contributed by atoms with E-state index < -0.39 is 11.7 Å². The number of benzene rings is 1. The Morgan fingerprint density at radius 2 is 2.32 bits per heavy atom. The summed E-state index contributed by atoms with van der Waals surface area (Å²) < 4.78 is 13.0. The Bertz CT molecular complexity index is 599. The standard InChI is InChI=1S/C12H12ClFN4O/c1-2-3-10-16-11(18-17-10)12(19)15-7-4-5-9(14)8(13)6-7/h4-6H,2-3H2,1H3,(H,15,19)(H,16,17,18). The molecule has 0 aliphatic rings. The van der Waals surface area contributed by atoms with Gasteiger partial charge < -0.3 is 5.32 Å². The maximum absolute atomic E-state index is 13.0. The Balaban J connectivity index is 2.09. The normalized spacial score (nSPS) is 10.5. The molecule has 1 aromatic heterocycles. The lowest BCUT2D eigenvalue weighted by atomic mass is 10.3. The number of aromatic amines is 1. The van der Waals surface area contributed by atoms with Gasteiger partial charge in [0.2, 0.25) is 5.82 Å². The van der Waals surface area contributed by atoms with Crippen molar-refractivity contribution in [1.29, 1.82) is 0 Å². The van der Waals surface area contributed by atoms with Gasteiger partial charge in [-0.1, -0.05) is 18.5 Å². The zero-order chi connectivity index (χ0) is 13.8. The molecule has 2 aromatic rings. The second-order valence-electron chi connectivity index (χ2n) is 3.94. The Labute approximate surface area is 114 Å². The number of aromatic nitrogens is 3. The number of nitrogens with one attached hydrogen (secondary N) is 2. The topological polar surface area (TPSA) is 70.7 Å². The fourth-order valence-electron chi connectivity index (χ4n) is 1.51. The van der Waals surface area contributed by atoms with Crippen LogP contribution in [0, 0.1) is 5.82 Å². The van der Waals surface area contributed by atoms with E-state index in [2.05, 4.69) is 20.5 Å². The summed E-state index contributed by atoms with van der Waals surface area (Å²) in [7, 11) is 0. The number of aryl methyl sites for hydroxylation is 1. The Kier molecular flexibility index (Phi) is 4.11. The number of rotatable bonds is 4. The smallest absolute Gasteiger partial charge is 0.295 e.